The zero-order valence-electron chi connectivity index (χ0n) is 13.8. The minimum absolute atomic E-state index is 0.224. The van der Waals surface area contributed by atoms with Crippen molar-refractivity contribution in [1.82, 2.24) is 10.2 Å². The Labute approximate surface area is 128 Å². The van der Waals surface area contributed by atoms with Crippen molar-refractivity contribution in [2.24, 2.45) is 11.3 Å². The normalized spacial score (nSPS) is 21.8. The smallest absolute Gasteiger partial charge is 0.230 e. The number of carbonyl (C=O) groups is 1. The van der Waals surface area contributed by atoms with Crippen LogP contribution in [0.1, 0.15) is 38.3 Å². The van der Waals surface area contributed by atoms with E-state index in [1.807, 2.05) is 11.9 Å². The summed E-state index contributed by atoms with van der Waals surface area (Å²) in [4.78, 5) is 14.8. The molecule has 0 radical (unpaired) electrons. The van der Waals surface area contributed by atoms with Crippen LogP contribution in [-0.2, 0) is 17.8 Å². The van der Waals surface area contributed by atoms with Crippen LogP contribution in [0.25, 0.3) is 0 Å². The number of amides is 1. The van der Waals surface area contributed by atoms with Crippen LogP contribution in [-0.4, -0.2) is 30.9 Å². The summed E-state index contributed by atoms with van der Waals surface area (Å²) < 4.78 is 0. The zero-order chi connectivity index (χ0) is 15.5. The third-order valence-corrected chi connectivity index (χ3v) is 4.92. The van der Waals surface area contributed by atoms with E-state index in [0.717, 1.165) is 25.9 Å². The summed E-state index contributed by atoms with van der Waals surface area (Å²) in [5, 5.41) is 3.36. The van der Waals surface area contributed by atoms with Gasteiger partial charge in [-0.25, -0.2) is 0 Å². The standard InChI is InChI=1S/C18H28N2O/c1-5-15-6-8-16(9-7-15)12-20(4)17(21)18(14(2)3)10-11-19-13-18/h6-9,14,19H,5,10-13H2,1-4H3. The largest absolute Gasteiger partial charge is 0.341 e. The van der Waals surface area contributed by atoms with Gasteiger partial charge in [0.2, 0.25) is 5.91 Å². The molecule has 21 heavy (non-hydrogen) atoms. The fraction of sp³-hybridized carbons (Fsp3) is 0.611. The first-order chi connectivity index (χ1) is 9.99. The fourth-order valence-corrected chi connectivity index (χ4v) is 3.24. The van der Waals surface area contributed by atoms with Crippen molar-refractivity contribution in [3.8, 4) is 0 Å². The van der Waals surface area contributed by atoms with Gasteiger partial charge in [-0.1, -0.05) is 45.0 Å². The van der Waals surface area contributed by atoms with Crippen molar-refractivity contribution in [3.05, 3.63) is 35.4 Å². The monoisotopic (exact) mass is 288 g/mol. The Balaban J connectivity index is 2.07. The molecule has 1 unspecified atom stereocenters. The molecule has 0 spiro atoms. The number of aryl methyl sites for hydroxylation is 1. The molecule has 0 aliphatic carbocycles. The summed E-state index contributed by atoms with van der Waals surface area (Å²) in [5.41, 5.74) is 2.32. The van der Waals surface area contributed by atoms with Gasteiger partial charge in [0.25, 0.3) is 0 Å². The van der Waals surface area contributed by atoms with Gasteiger partial charge in [0.05, 0.1) is 5.41 Å². The van der Waals surface area contributed by atoms with Gasteiger partial charge >= 0.3 is 0 Å². The first-order valence-corrected chi connectivity index (χ1v) is 8.03. The van der Waals surface area contributed by atoms with E-state index in [9.17, 15) is 4.79 Å². The lowest BCUT2D eigenvalue weighted by Gasteiger charge is -2.35. The Hall–Kier alpha value is -1.35. The molecule has 2 rings (SSSR count). The number of hydrogen-bond acceptors (Lipinski definition) is 2. The van der Waals surface area contributed by atoms with Crippen LogP contribution in [0.5, 0.6) is 0 Å². The molecule has 1 saturated heterocycles. The fourth-order valence-electron chi connectivity index (χ4n) is 3.24. The van der Waals surface area contributed by atoms with E-state index in [1.54, 1.807) is 0 Å². The summed E-state index contributed by atoms with van der Waals surface area (Å²) in [6, 6.07) is 8.58. The Morgan fingerprint density at radius 1 is 1.29 bits per heavy atom. The molecule has 1 aliphatic heterocycles. The molecule has 0 aromatic heterocycles. The second kappa shape index (κ2) is 6.61. The number of rotatable bonds is 5. The van der Waals surface area contributed by atoms with Gasteiger partial charge in [-0.3, -0.25) is 4.79 Å². The molecule has 1 atom stereocenters. The molecule has 3 heteroatoms. The lowest BCUT2D eigenvalue weighted by Crippen LogP contribution is -2.46. The van der Waals surface area contributed by atoms with Gasteiger partial charge in [-0.05, 0) is 36.4 Å². The van der Waals surface area contributed by atoms with Crippen LogP contribution in [0.4, 0.5) is 0 Å². The maximum Gasteiger partial charge on any atom is 0.230 e. The molecule has 1 aromatic carbocycles. The van der Waals surface area contributed by atoms with Gasteiger partial charge in [0, 0.05) is 20.1 Å². The van der Waals surface area contributed by atoms with Gasteiger partial charge in [-0.2, -0.15) is 0 Å². The number of nitrogens with zero attached hydrogens (tertiary/aromatic N) is 1. The molecule has 1 heterocycles. The molecule has 116 valence electrons. The molecule has 3 nitrogen and oxygen atoms in total. The minimum Gasteiger partial charge on any atom is -0.341 e. The molecule has 1 aromatic rings. The van der Waals surface area contributed by atoms with Gasteiger partial charge in [-0.15, -0.1) is 0 Å². The van der Waals surface area contributed by atoms with Gasteiger partial charge < -0.3 is 10.2 Å². The van der Waals surface area contributed by atoms with Crippen molar-refractivity contribution in [3.63, 3.8) is 0 Å². The van der Waals surface area contributed by atoms with E-state index < -0.39 is 0 Å². The van der Waals surface area contributed by atoms with E-state index in [4.69, 9.17) is 0 Å². The molecule has 1 amide bonds. The number of nitrogens with one attached hydrogen (secondary N) is 1. The predicted octanol–water partition coefficient (Wildman–Crippen LogP) is 2.84. The van der Waals surface area contributed by atoms with Crippen molar-refractivity contribution < 1.29 is 4.79 Å². The van der Waals surface area contributed by atoms with Crippen LogP contribution in [0.2, 0.25) is 0 Å². The summed E-state index contributed by atoms with van der Waals surface area (Å²) in [5.74, 6) is 0.645. The maximum absolute atomic E-state index is 12.9. The van der Waals surface area contributed by atoms with Gasteiger partial charge in [0.15, 0.2) is 0 Å². The highest BCUT2D eigenvalue weighted by Crippen LogP contribution is 2.36. The Morgan fingerprint density at radius 3 is 2.38 bits per heavy atom. The third kappa shape index (κ3) is 3.29. The van der Waals surface area contributed by atoms with Crippen LogP contribution in [0, 0.1) is 11.3 Å². The van der Waals surface area contributed by atoms with Crippen molar-refractivity contribution in [2.75, 3.05) is 20.1 Å². The summed E-state index contributed by atoms with van der Waals surface area (Å²) in [6.07, 6.45) is 2.00. The highest BCUT2D eigenvalue weighted by atomic mass is 16.2. The first kappa shape index (κ1) is 16.0. The molecular formula is C18H28N2O. The quantitative estimate of drug-likeness (QED) is 0.903. The summed E-state index contributed by atoms with van der Waals surface area (Å²) >= 11 is 0. The zero-order valence-corrected chi connectivity index (χ0v) is 13.8. The lowest BCUT2D eigenvalue weighted by molar-refractivity contribution is -0.142. The topological polar surface area (TPSA) is 32.3 Å². The summed E-state index contributed by atoms with van der Waals surface area (Å²) in [7, 11) is 1.93. The summed E-state index contributed by atoms with van der Waals surface area (Å²) in [6.45, 7) is 8.93. The molecule has 1 fully saturated rings. The molecule has 0 bridgehead atoms. The van der Waals surface area contributed by atoms with E-state index >= 15 is 0 Å². The van der Waals surface area contributed by atoms with Crippen LogP contribution >= 0.6 is 0 Å². The van der Waals surface area contributed by atoms with E-state index in [1.165, 1.54) is 11.1 Å². The highest BCUT2D eigenvalue weighted by Gasteiger charge is 2.45. The minimum atomic E-state index is -0.224. The number of hydrogen-bond donors (Lipinski definition) is 1. The molecular weight excluding hydrogens is 260 g/mol. The Kier molecular flexibility index (Phi) is 5.04. The number of benzene rings is 1. The van der Waals surface area contributed by atoms with E-state index in [2.05, 4.69) is 50.4 Å². The first-order valence-electron chi connectivity index (χ1n) is 8.03. The van der Waals surface area contributed by atoms with Crippen molar-refractivity contribution >= 4 is 5.91 Å². The SMILES string of the molecule is CCc1ccc(CN(C)C(=O)C2(C(C)C)CCNC2)cc1. The average molecular weight is 288 g/mol. The van der Waals surface area contributed by atoms with E-state index in [0.29, 0.717) is 12.5 Å². The van der Waals surface area contributed by atoms with Crippen LogP contribution in [0.15, 0.2) is 24.3 Å². The second-order valence-electron chi connectivity index (χ2n) is 6.57. The van der Waals surface area contributed by atoms with Crippen molar-refractivity contribution in [1.29, 1.82) is 0 Å². The highest BCUT2D eigenvalue weighted by molar-refractivity contribution is 5.83. The van der Waals surface area contributed by atoms with Crippen LogP contribution < -0.4 is 5.32 Å². The lowest BCUT2D eigenvalue weighted by atomic mass is 9.75. The molecule has 1 N–H and O–H groups in total. The van der Waals surface area contributed by atoms with Crippen LogP contribution in [0.3, 0.4) is 0 Å². The Bertz CT molecular complexity index is 472. The van der Waals surface area contributed by atoms with Crippen molar-refractivity contribution in [2.45, 2.75) is 40.2 Å². The Morgan fingerprint density at radius 2 is 1.90 bits per heavy atom. The second-order valence-corrected chi connectivity index (χ2v) is 6.57. The van der Waals surface area contributed by atoms with Gasteiger partial charge in [0.1, 0.15) is 0 Å². The van der Waals surface area contributed by atoms with E-state index in [-0.39, 0.29) is 11.3 Å². The maximum atomic E-state index is 12.9. The average Bonchev–Trinajstić information content (AvgIpc) is 2.98. The predicted molar refractivity (Wildman–Crippen MR) is 87.1 cm³/mol. The molecule has 1 aliphatic rings. The number of carbonyl (C=O) groups excluding carboxylic acids is 1. The third-order valence-electron chi connectivity index (χ3n) is 4.92. The molecule has 0 saturated carbocycles.